The second-order valence-corrected chi connectivity index (χ2v) is 4.20. The van der Waals surface area contributed by atoms with Crippen LogP contribution in [-0.2, 0) is 0 Å². The van der Waals surface area contributed by atoms with Crippen LogP contribution in [0.4, 0.5) is 4.39 Å². The third kappa shape index (κ3) is 2.30. The molecule has 1 aromatic carbocycles. The fourth-order valence-corrected chi connectivity index (χ4v) is 1.99. The molecular weight excluding hydrogens is 364 g/mol. The maximum atomic E-state index is 13.1. The van der Waals surface area contributed by atoms with Gasteiger partial charge in [-0.25, -0.2) is 4.39 Å². The number of ketones is 1. The van der Waals surface area contributed by atoms with Crippen molar-refractivity contribution >= 4 is 44.3 Å². The zero-order valence-corrected chi connectivity index (χ0v) is 10.6. The van der Waals surface area contributed by atoms with E-state index >= 15 is 0 Å². The van der Waals surface area contributed by atoms with Crippen LogP contribution in [0.25, 0.3) is 0 Å². The quantitative estimate of drug-likeness (QED) is 0.458. The van der Waals surface area contributed by atoms with Gasteiger partial charge in [-0.2, -0.15) is 5.26 Å². The van der Waals surface area contributed by atoms with Gasteiger partial charge in [0.25, 0.3) is 0 Å². The van der Waals surface area contributed by atoms with Crippen LogP contribution in [0.3, 0.4) is 0 Å². The molecule has 1 rings (SSSR count). The zero-order chi connectivity index (χ0) is 10.7. The number of nitriles is 1. The molecule has 14 heavy (non-hydrogen) atoms. The molecule has 0 radical (unpaired) electrons. The number of benzene rings is 1. The van der Waals surface area contributed by atoms with Gasteiger partial charge in [0, 0.05) is 9.13 Å². The summed E-state index contributed by atoms with van der Waals surface area (Å²) < 4.78 is 13.7. The van der Waals surface area contributed by atoms with E-state index in [-0.39, 0.29) is 16.7 Å². The molecule has 1 aromatic rings. The molecule has 0 bridgehead atoms. The van der Waals surface area contributed by atoms with Crippen molar-refractivity contribution < 1.29 is 9.18 Å². The molecule has 0 spiro atoms. The van der Waals surface area contributed by atoms with Gasteiger partial charge in [0.2, 0.25) is 0 Å². The SMILES string of the molecule is N#Cc1cc(I)c(C(=O)CBr)cc1F. The fourth-order valence-electron chi connectivity index (χ4n) is 0.918. The zero-order valence-electron chi connectivity index (χ0n) is 6.85. The number of Topliss-reactive ketones (excluding diaryl/α,β-unsaturated/α-hetero) is 1. The first-order valence-electron chi connectivity index (χ1n) is 3.58. The van der Waals surface area contributed by atoms with Gasteiger partial charge in [-0.3, -0.25) is 4.79 Å². The van der Waals surface area contributed by atoms with Crippen LogP contribution in [0.2, 0.25) is 0 Å². The Labute approximate surface area is 102 Å². The Balaban J connectivity index is 3.30. The molecule has 0 saturated carbocycles. The molecule has 0 saturated heterocycles. The van der Waals surface area contributed by atoms with Gasteiger partial charge in [-0.1, -0.05) is 15.9 Å². The first-order chi connectivity index (χ1) is 6.60. The van der Waals surface area contributed by atoms with Crippen molar-refractivity contribution in [1.82, 2.24) is 0 Å². The van der Waals surface area contributed by atoms with Gasteiger partial charge in [0.15, 0.2) is 5.78 Å². The molecule has 2 nitrogen and oxygen atoms in total. The summed E-state index contributed by atoms with van der Waals surface area (Å²) in [6, 6.07) is 4.19. The Hall–Kier alpha value is -0.480. The lowest BCUT2D eigenvalue weighted by atomic mass is 10.1. The Morgan fingerprint density at radius 3 is 2.79 bits per heavy atom. The Bertz CT molecular complexity index is 428. The fraction of sp³-hybridized carbons (Fsp3) is 0.111. The highest BCUT2D eigenvalue weighted by Gasteiger charge is 2.12. The van der Waals surface area contributed by atoms with E-state index in [4.69, 9.17) is 5.26 Å². The standard InChI is InChI=1S/C9H4BrFINO/c10-3-9(14)6-2-7(11)5(4-13)1-8(6)12/h1-2H,3H2. The molecule has 0 atom stereocenters. The van der Waals surface area contributed by atoms with Crippen molar-refractivity contribution in [2.24, 2.45) is 0 Å². The van der Waals surface area contributed by atoms with E-state index in [0.29, 0.717) is 9.13 Å². The maximum Gasteiger partial charge on any atom is 0.174 e. The van der Waals surface area contributed by atoms with Gasteiger partial charge in [0.1, 0.15) is 11.9 Å². The molecule has 5 heteroatoms. The van der Waals surface area contributed by atoms with Crippen molar-refractivity contribution in [2.75, 3.05) is 5.33 Å². The van der Waals surface area contributed by atoms with Gasteiger partial charge < -0.3 is 0 Å². The summed E-state index contributed by atoms with van der Waals surface area (Å²) in [6.07, 6.45) is 0. The predicted molar refractivity (Wildman–Crippen MR) is 62.0 cm³/mol. The van der Waals surface area contributed by atoms with Gasteiger partial charge in [-0.15, -0.1) is 0 Å². The molecule has 72 valence electrons. The minimum Gasteiger partial charge on any atom is -0.293 e. The summed E-state index contributed by atoms with van der Waals surface area (Å²) in [5, 5.41) is 8.69. The lowest BCUT2D eigenvalue weighted by molar-refractivity contribution is 0.102. The minimum absolute atomic E-state index is 0.0412. The first-order valence-corrected chi connectivity index (χ1v) is 5.78. The number of carbonyl (C=O) groups is 1. The minimum atomic E-state index is -0.655. The number of hydrogen-bond donors (Lipinski definition) is 0. The molecule has 0 heterocycles. The molecule has 0 aliphatic rings. The van der Waals surface area contributed by atoms with E-state index in [1.807, 2.05) is 22.6 Å². The number of hydrogen-bond acceptors (Lipinski definition) is 2. The summed E-state index contributed by atoms with van der Waals surface area (Å²) in [4.78, 5) is 11.3. The third-order valence-corrected chi connectivity index (χ3v) is 3.00. The molecule has 0 unspecified atom stereocenters. The second-order valence-electron chi connectivity index (χ2n) is 2.48. The van der Waals surface area contributed by atoms with Crippen molar-refractivity contribution in [3.05, 3.63) is 32.6 Å². The van der Waals surface area contributed by atoms with E-state index in [9.17, 15) is 9.18 Å². The van der Waals surface area contributed by atoms with E-state index in [0.717, 1.165) is 6.07 Å². The second kappa shape index (κ2) is 4.84. The van der Waals surface area contributed by atoms with E-state index in [1.54, 1.807) is 6.07 Å². The molecule has 0 aliphatic heterocycles. The molecular formula is C9H4BrFINO. The molecule has 0 N–H and O–H groups in total. The summed E-state index contributed by atoms with van der Waals surface area (Å²) in [6.45, 7) is 0. The van der Waals surface area contributed by atoms with Crippen molar-refractivity contribution in [3.63, 3.8) is 0 Å². The van der Waals surface area contributed by atoms with E-state index in [2.05, 4.69) is 15.9 Å². The van der Waals surface area contributed by atoms with Crippen LogP contribution >= 0.6 is 38.5 Å². The number of rotatable bonds is 2. The van der Waals surface area contributed by atoms with Crippen LogP contribution in [0.15, 0.2) is 12.1 Å². The number of nitrogens with zero attached hydrogens (tertiary/aromatic N) is 1. The lowest BCUT2D eigenvalue weighted by Gasteiger charge is -2.02. The van der Waals surface area contributed by atoms with Crippen molar-refractivity contribution in [2.45, 2.75) is 0 Å². The van der Waals surface area contributed by atoms with E-state index < -0.39 is 5.82 Å². The number of alkyl halides is 1. The first kappa shape index (κ1) is 11.6. The molecule has 0 aromatic heterocycles. The Kier molecular flexibility index (Phi) is 4.01. The molecule has 0 fully saturated rings. The molecule has 0 aliphatic carbocycles. The topological polar surface area (TPSA) is 40.9 Å². The lowest BCUT2D eigenvalue weighted by Crippen LogP contribution is -2.04. The van der Waals surface area contributed by atoms with Crippen LogP contribution in [0, 0.1) is 20.7 Å². The highest BCUT2D eigenvalue weighted by atomic mass is 127. The van der Waals surface area contributed by atoms with Crippen molar-refractivity contribution in [1.29, 1.82) is 5.26 Å². The number of carbonyl (C=O) groups excluding carboxylic acids is 1. The average Bonchev–Trinajstić information content (AvgIpc) is 2.19. The normalized spacial score (nSPS) is 9.57. The van der Waals surface area contributed by atoms with Crippen LogP contribution in [0.5, 0.6) is 0 Å². The third-order valence-electron chi connectivity index (χ3n) is 1.60. The maximum absolute atomic E-state index is 13.1. The van der Waals surface area contributed by atoms with E-state index in [1.165, 1.54) is 6.07 Å². The molecule has 0 amide bonds. The van der Waals surface area contributed by atoms with Crippen LogP contribution in [0.1, 0.15) is 15.9 Å². The van der Waals surface area contributed by atoms with Crippen molar-refractivity contribution in [3.8, 4) is 6.07 Å². The van der Waals surface area contributed by atoms with Crippen LogP contribution < -0.4 is 0 Å². The summed E-state index contributed by atoms with van der Waals surface area (Å²) in [7, 11) is 0. The van der Waals surface area contributed by atoms with Gasteiger partial charge in [-0.05, 0) is 34.7 Å². The summed E-state index contributed by atoms with van der Waals surface area (Å²) >= 11 is 4.91. The van der Waals surface area contributed by atoms with Crippen LogP contribution in [-0.4, -0.2) is 11.1 Å². The van der Waals surface area contributed by atoms with Gasteiger partial charge in [0.05, 0.1) is 10.9 Å². The largest absolute Gasteiger partial charge is 0.293 e. The average molecular weight is 368 g/mol. The smallest absolute Gasteiger partial charge is 0.174 e. The highest BCUT2D eigenvalue weighted by molar-refractivity contribution is 14.1. The summed E-state index contributed by atoms with van der Waals surface area (Å²) in [5.74, 6) is -0.852. The number of halogens is 3. The predicted octanol–water partition coefficient (Wildman–Crippen LogP) is 2.88. The Morgan fingerprint density at radius 1 is 1.64 bits per heavy atom. The Morgan fingerprint density at radius 2 is 2.29 bits per heavy atom. The summed E-state index contributed by atoms with van der Waals surface area (Å²) in [5.41, 5.74) is 0.263. The van der Waals surface area contributed by atoms with Gasteiger partial charge >= 0.3 is 0 Å². The highest BCUT2D eigenvalue weighted by Crippen LogP contribution is 2.18. The monoisotopic (exact) mass is 367 g/mol.